The molecule has 10 heteroatoms. The largest absolute Gasteiger partial charge is 0.507 e. The SMILES string of the molecule is C=C(C)COc1ccc(-c2nc(N)nc(C(F)(F)F)c2-c2ccc(OC)c(OC)c2)c(O)c1. The van der Waals surface area contributed by atoms with Crippen LogP contribution >= 0.6 is 0 Å². The third-order valence-electron chi connectivity index (χ3n) is 4.58. The number of ether oxygens (including phenoxy) is 3. The van der Waals surface area contributed by atoms with Crippen LogP contribution in [0, 0.1) is 0 Å². The Kier molecular flexibility index (Phi) is 6.66. The molecule has 3 rings (SSSR count). The summed E-state index contributed by atoms with van der Waals surface area (Å²) in [5.74, 6) is -0.0936. The van der Waals surface area contributed by atoms with E-state index in [-0.39, 0.29) is 40.5 Å². The van der Waals surface area contributed by atoms with E-state index in [0.29, 0.717) is 11.5 Å². The summed E-state index contributed by atoms with van der Waals surface area (Å²) in [5.41, 5.74) is 4.66. The molecule has 0 aliphatic carbocycles. The van der Waals surface area contributed by atoms with Gasteiger partial charge in [0, 0.05) is 17.2 Å². The van der Waals surface area contributed by atoms with Crippen molar-refractivity contribution in [3.05, 3.63) is 54.2 Å². The number of nitrogens with two attached hydrogens (primary N) is 1. The fourth-order valence-electron chi connectivity index (χ4n) is 3.15. The van der Waals surface area contributed by atoms with Gasteiger partial charge in [0.2, 0.25) is 5.95 Å². The lowest BCUT2D eigenvalue weighted by atomic mass is 9.96. The zero-order valence-corrected chi connectivity index (χ0v) is 18.2. The number of nitrogen functional groups attached to an aromatic ring is 1. The van der Waals surface area contributed by atoms with Gasteiger partial charge in [-0.2, -0.15) is 13.2 Å². The summed E-state index contributed by atoms with van der Waals surface area (Å²) in [7, 11) is 2.77. The van der Waals surface area contributed by atoms with Crippen molar-refractivity contribution in [2.45, 2.75) is 13.1 Å². The molecule has 0 atom stereocenters. The smallest absolute Gasteiger partial charge is 0.434 e. The molecule has 3 aromatic rings. The first-order valence-electron chi connectivity index (χ1n) is 9.62. The molecule has 0 spiro atoms. The number of aromatic hydroxyl groups is 1. The van der Waals surface area contributed by atoms with Crippen molar-refractivity contribution < 1.29 is 32.5 Å². The zero-order valence-electron chi connectivity index (χ0n) is 18.2. The van der Waals surface area contributed by atoms with Gasteiger partial charge < -0.3 is 25.1 Å². The van der Waals surface area contributed by atoms with E-state index in [1.54, 1.807) is 6.92 Å². The number of halogens is 3. The second kappa shape index (κ2) is 9.27. The maximum absolute atomic E-state index is 14.0. The summed E-state index contributed by atoms with van der Waals surface area (Å²) < 4.78 is 57.8. The van der Waals surface area contributed by atoms with Crippen LogP contribution in [-0.2, 0) is 6.18 Å². The number of phenols is 1. The highest BCUT2D eigenvalue weighted by Crippen LogP contribution is 2.45. The standard InChI is InChI=1S/C23H22F3N3O4/c1-12(2)11-33-14-6-7-15(16(30)10-14)20-19(21(23(24,25)26)29-22(27)28-20)13-5-8-17(31-3)18(9-13)32-4/h5-10,30H,1,11H2,2-4H3,(H2,27,28,29). The predicted molar refractivity (Wildman–Crippen MR) is 117 cm³/mol. The number of benzene rings is 2. The molecule has 33 heavy (non-hydrogen) atoms. The second-order valence-corrected chi connectivity index (χ2v) is 7.15. The molecule has 3 N–H and O–H groups in total. The van der Waals surface area contributed by atoms with Crippen LogP contribution in [0.2, 0.25) is 0 Å². The Hall–Kier alpha value is -3.95. The van der Waals surface area contributed by atoms with Crippen molar-refractivity contribution in [2.24, 2.45) is 0 Å². The maximum Gasteiger partial charge on any atom is 0.434 e. The Balaban J connectivity index is 2.27. The van der Waals surface area contributed by atoms with E-state index in [2.05, 4.69) is 16.5 Å². The lowest BCUT2D eigenvalue weighted by Gasteiger charge is -2.18. The van der Waals surface area contributed by atoms with Crippen LogP contribution in [0.4, 0.5) is 19.1 Å². The van der Waals surface area contributed by atoms with Crippen LogP contribution in [0.3, 0.4) is 0 Å². The minimum absolute atomic E-state index is 0.0158. The molecule has 0 aliphatic heterocycles. The molecule has 0 fully saturated rings. The van der Waals surface area contributed by atoms with Gasteiger partial charge >= 0.3 is 6.18 Å². The number of hydrogen-bond acceptors (Lipinski definition) is 7. The number of alkyl halides is 3. The number of nitrogens with zero attached hydrogens (tertiary/aromatic N) is 2. The summed E-state index contributed by atoms with van der Waals surface area (Å²) in [6, 6.07) is 8.42. The average Bonchev–Trinajstić information content (AvgIpc) is 2.76. The second-order valence-electron chi connectivity index (χ2n) is 7.15. The highest BCUT2D eigenvalue weighted by Gasteiger charge is 2.38. The Morgan fingerprint density at radius 3 is 2.33 bits per heavy atom. The van der Waals surface area contributed by atoms with Crippen LogP contribution in [0.15, 0.2) is 48.6 Å². The van der Waals surface area contributed by atoms with Crippen molar-refractivity contribution in [3.63, 3.8) is 0 Å². The van der Waals surface area contributed by atoms with Crippen molar-refractivity contribution >= 4 is 5.95 Å². The van der Waals surface area contributed by atoms with Crippen LogP contribution < -0.4 is 19.9 Å². The monoisotopic (exact) mass is 461 g/mol. The first-order chi connectivity index (χ1) is 15.5. The van der Waals surface area contributed by atoms with Crippen molar-refractivity contribution in [3.8, 4) is 45.4 Å². The minimum Gasteiger partial charge on any atom is -0.507 e. The quantitative estimate of drug-likeness (QED) is 0.473. The third kappa shape index (κ3) is 5.11. The van der Waals surface area contributed by atoms with E-state index in [4.69, 9.17) is 19.9 Å². The summed E-state index contributed by atoms with van der Waals surface area (Å²) in [4.78, 5) is 7.49. The van der Waals surface area contributed by atoms with Crippen molar-refractivity contribution in [2.75, 3.05) is 26.6 Å². The van der Waals surface area contributed by atoms with E-state index >= 15 is 0 Å². The van der Waals surface area contributed by atoms with Crippen molar-refractivity contribution in [1.82, 2.24) is 9.97 Å². The molecule has 0 bridgehead atoms. The van der Waals surface area contributed by atoms with Gasteiger partial charge in [-0.1, -0.05) is 12.6 Å². The van der Waals surface area contributed by atoms with Gasteiger partial charge in [-0.25, -0.2) is 9.97 Å². The molecule has 0 saturated heterocycles. The maximum atomic E-state index is 14.0. The minimum atomic E-state index is -4.85. The van der Waals surface area contributed by atoms with E-state index in [1.807, 2.05) is 0 Å². The summed E-state index contributed by atoms with van der Waals surface area (Å²) in [6.45, 7) is 5.71. The number of rotatable bonds is 7. The van der Waals surface area contributed by atoms with E-state index in [0.717, 1.165) is 5.57 Å². The molecule has 0 saturated carbocycles. The van der Waals surface area contributed by atoms with Gasteiger partial charge in [0.1, 0.15) is 18.1 Å². The lowest BCUT2D eigenvalue weighted by molar-refractivity contribution is -0.140. The zero-order chi connectivity index (χ0) is 24.3. The van der Waals surface area contributed by atoms with Crippen LogP contribution in [0.25, 0.3) is 22.4 Å². The van der Waals surface area contributed by atoms with E-state index in [1.165, 1.54) is 50.6 Å². The lowest BCUT2D eigenvalue weighted by Crippen LogP contribution is -2.14. The average molecular weight is 461 g/mol. The molecular weight excluding hydrogens is 439 g/mol. The fourth-order valence-corrected chi connectivity index (χ4v) is 3.15. The molecule has 0 aliphatic rings. The van der Waals surface area contributed by atoms with Gasteiger partial charge in [0.25, 0.3) is 0 Å². The first-order valence-corrected chi connectivity index (χ1v) is 9.62. The number of aromatic nitrogens is 2. The fraction of sp³-hybridized carbons (Fsp3) is 0.217. The first kappa shape index (κ1) is 23.7. The summed E-state index contributed by atoms with van der Waals surface area (Å²) in [5, 5.41) is 10.6. The molecule has 1 aromatic heterocycles. The molecule has 0 radical (unpaired) electrons. The van der Waals surface area contributed by atoms with Crippen LogP contribution in [0.5, 0.6) is 23.0 Å². The van der Waals surface area contributed by atoms with Gasteiger partial charge in [-0.15, -0.1) is 0 Å². The number of methoxy groups -OCH3 is 2. The van der Waals surface area contributed by atoms with Gasteiger partial charge in [0.15, 0.2) is 17.2 Å². The highest BCUT2D eigenvalue weighted by molar-refractivity contribution is 5.86. The number of anilines is 1. The number of hydrogen-bond donors (Lipinski definition) is 2. The molecule has 174 valence electrons. The Bertz CT molecular complexity index is 1200. The molecular formula is C23H22F3N3O4. The Morgan fingerprint density at radius 1 is 1.06 bits per heavy atom. The highest BCUT2D eigenvalue weighted by atomic mass is 19.4. The van der Waals surface area contributed by atoms with Gasteiger partial charge in [0.05, 0.1) is 19.9 Å². The molecule has 0 amide bonds. The predicted octanol–water partition coefficient (Wildman–Crippen LogP) is 5.09. The van der Waals surface area contributed by atoms with Crippen LogP contribution in [-0.4, -0.2) is 35.9 Å². The Morgan fingerprint density at radius 2 is 1.76 bits per heavy atom. The van der Waals surface area contributed by atoms with Gasteiger partial charge in [-0.3, -0.25) is 0 Å². The molecule has 7 nitrogen and oxygen atoms in total. The topological polar surface area (TPSA) is 99.7 Å². The molecule has 1 heterocycles. The summed E-state index contributed by atoms with van der Waals surface area (Å²) in [6.07, 6.45) is -4.85. The van der Waals surface area contributed by atoms with Gasteiger partial charge in [-0.05, 0) is 42.3 Å². The number of phenolic OH excluding ortho intramolecular Hbond substituents is 1. The van der Waals surface area contributed by atoms with E-state index < -0.39 is 17.8 Å². The summed E-state index contributed by atoms with van der Waals surface area (Å²) >= 11 is 0. The molecule has 2 aromatic carbocycles. The van der Waals surface area contributed by atoms with Crippen molar-refractivity contribution in [1.29, 1.82) is 0 Å². The third-order valence-corrected chi connectivity index (χ3v) is 4.58. The molecule has 0 unspecified atom stereocenters. The Labute approximate surface area is 188 Å². The van der Waals surface area contributed by atoms with E-state index in [9.17, 15) is 18.3 Å². The normalized spacial score (nSPS) is 11.2. The van der Waals surface area contributed by atoms with Crippen LogP contribution in [0.1, 0.15) is 12.6 Å².